The molecule has 2 saturated heterocycles. The molecule has 4 rings (SSSR count). The predicted molar refractivity (Wildman–Crippen MR) is 111 cm³/mol. The highest BCUT2D eigenvalue weighted by Gasteiger charge is 2.54. The van der Waals surface area contributed by atoms with Gasteiger partial charge in [-0.2, -0.15) is 0 Å². The Labute approximate surface area is 171 Å². The first-order valence-electron chi connectivity index (χ1n) is 10.4. The Kier molecular flexibility index (Phi) is 5.09. The SMILES string of the molecule is CC1(C)CC2(CCCN2C(=O)CCc2ccc(F)cc2)CN1c1ccc(F)cc1. The molecule has 0 aliphatic carbocycles. The summed E-state index contributed by atoms with van der Waals surface area (Å²) in [5.41, 5.74) is 1.70. The number of hydrogen-bond acceptors (Lipinski definition) is 2. The van der Waals surface area contributed by atoms with Crippen LogP contribution in [0.5, 0.6) is 0 Å². The number of rotatable bonds is 4. The molecule has 0 aromatic heterocycles. The summed E-state index contributed by atoms with van der Waals surface area (Å²) in [5, 5.41) is 0. The number of hydrogen-bond donors (Lipinski definition) is 0. The molecule has 0 bridgehead atoms. The average Bonchev–Trinajstić information content (AvgIpc) is 3.21. The first-order chi connectivity index (χ1) is 13.8. The molecule has 2 aliphatic rings. The maximum absolute atomic E-state index is 13.4. The number of amides is 1. The number of benzene rings is 2. The van der Waals surface area contributed by atoms with Crippen LogP contribution in [-0.4, -0.2) is 35.0 Å². The lowest BCUT2D eigenvalue weighted by atomic mass is 9.87. The zero-order valence-corrected chi connectivity index (χ0v) is 17.1. The highest BCUT2D eigenvalue weighted by molar-refractivity contribution is 5.78. The van der Waals surface area contributed by atoms with Crippen molar-refractivity contribution in [2.75, 3.05) is 18.0 Å². The highest BCUT2D eigenvalue weighted by atomic mass is 19.1. The predicted octanol–water partition coefficient (Wildman–Crippen LogP) is 4.95. The molecule has 2 heterocycles. The van der Waals surface area contributed by atoms with Crippen LogP contribution in [0, 0.1) is 11.6 Å². The Morgan fingerprint density at radius 1 is 1.00 bits per heavy atom. The maximum atomic E-state index is 13.4. The lowest BCUT2D eigenvalue weighted by molar-refractivity contribution is -0.134. The number of carbonyl (C=O) groups excluding carboxylic acids is 1. The summed E-state index contributed by atoms with van der Waals surface area (Å²) in [6, 6.07) is 13.0. The molecule has 0 saturated carbocycles. The van der Waals surface area contributed by atoms with E-state index < -0.39 is 0 Å². The number of aryl methyl sites for hydroxylation is 1. The molecule has 154 valence electrons. The van der Waals surface area contributed by atoms with Crippen molar-refractivity contribution in [2.24, 2.45) is 0 Å². The van der Waals surface area contributed by atoms with Crippen molar-refractivity contribution in [3.8, 4) is 0 Å². The van der Waals surface area contributed by atoms with E-state index in [4.69, 9.17) is 0 Å². The summed E-state index contributed by atoms with van der Waals surface area (Å²) in [4.78, 5) is 17.5. The standard InChI is InChI=1S/C24H28F2N2O/c1-23(2)16-24(17-28(23)21-11-9-20(26)10-12-21)14-3-15-27(24)22(29)13-6-18-4-7-19(25)8-5-18/h4-5,7-12H,3,6,13-17H2,1-2H3. The average molecular weight is 398 g/mol. The van der Waals surface area contributed by atoms with Gasteiger partial charge in [0.15, 0.2) is 0 Å². The Morgan fingerprint density at radius 3 is 2.28 bits per heavy atom. The van der Waals surface area contributed by atoms with E-state index in [0.717, 1.165) is 43.6 Å². The van der Waals surface area contributed by atoms with Gasteiger partial charge >= 0.3 is 0 Å². The number of halogens is 2. The van der Waals surface area contributed by atoms with Gasteiger partial charge in [-0.15, -0.1) is 0 Å². The second kappa shape index (κ2) is 7.43. The Hall–Kier alpha value is -2.43. The van der Waals surface area contributed by atoms with E-state index in [1.807, 2.05) is 12.1 Å². The third kappa shape index (κ3) is 3.87. The van der Waals surface area contributed by atoms with Gasteiger partial charge in [-0.05, 0) is 81.5 Å². The topological polar surface area (TPSA) is 23.6 Å². The fourth-order valence-electron chi connectivity index (χ4n) is 5.24. The van der Waals surface area contributed by atoms with Crippen molar-refractivity contribution in [1.29, 1.82) is 0 Å². The van der Waals surface area contributed by atoms with Gasteiger partial charge in [-0.25, -0.2) is 8.78 Å². The fourth-order valence-corrected chi connectivity index (χ4v) is 5.24. The van der Waals surface area contributed by atoms with E-state index in [0.29, 0.717) is 12.8 Å². The van der Waals surface area contributed by atoms with Gasteiger partial charge in [-0.1, -0.05) is 12.1 Å². The van der Waals surface area contributed by atoms with Crippen molar-refractivity contribution in [2.45, 2.75) is 57.0 Å². The molecule has 1 amide bonds. The Balaban J connectivity index is 1.49. The summed E-state index contributed by atoms with van der Waals surface area (Å²) >= 11 is 0. The van der Waals surface area contributed by atoms with Crippen molar-refractivity contribution < 1.29 is 13.6 Å². The molecule has 2 aromatic carbocycles. The lowest BCUT2D eigenvalue weighted by Crippen LogP contribution is -2.49. The van der Waals surface area contributed by atoms with Gasteiger partial charge in [0.05, 0.1) is 5.54 Å². The Bertz CT molecular complexity index is 879. The minimum atomic E-state index is -0.257. The minimum absolute atomic E-state index is 0.113. The molecule has 1 atom stereocenters. The van der Waals surface area contributed by atoms with E-state index in [-0.39, 0.29) is 28.6 Å². The summed E-state index contributed by atoms with van der Waals surface area (Å²) in [7, 11) is 0. The van der Waals surface area contributed by atoms with Gasteiger partial charge in [0, 0.05) is 30.7 Å². The third-order valence-corrected chi connectivity index (χ3v) is 6.52. The summed E-state index contributed by atoms with van der Waals surface area (Å²) in [5.74, 6) is -0.324. The smallest absolute Gasteiger partial charge is 0.223 e. The van der Waals surface area contributed by atoms with Gasteiger partial charge in [0.25, 0.3) is 0 Å². The molecule has 2 aliphatic heterocycles. The van der Waals surface area contributed by atoms with E-state index in [9.17, 15) is 13.6 Å². The van der Waals surface area contributed by atoms with Crippen LogP contribution >= 0.6 is 0 Å². The van der Waals surface area contributed by atoms with Gasteiger partial charge in [0.1, 0.15) is 11.6 Å². The number of nitrogens with zero attached hydrogens (tertiary/aromatic N) is 2. The lowest BCUT2D eigenvalue weighted by Gasteiger charge is -2.35. The quantitative estimate of drug-likeness (QED) is 0.728. The van der Waals surface area contributed by atoms with Crippen LogP contribution < -0.4 is 4.90 Å². The van der Waals surface area contributed by atoms with Crippen molar-refractivity contribution in [3.05, 3.63) is 65.7 Å². The molecule has 1 spiro atoms. The number of anilines is 1. The van der Waals surface area contributed by atoms with Crippen LogP contribution in [-0.2, 0) is 11.2 Å². The van der Waals surface area contributed by atoms with Crippen LogP contribution in [0.25, 0.3) is 0 Å². The molecule has 1 unspecified atom stereocenters. The first kappa shape index (κ1) is 19.9. The third-order valence-electron chi connectivity index (χ3n) is 6.52. The second-order valence-corrected chi connectivity index (χ2v) is 9.05. The molecule has 2 aromatic rings. The summed E-state index contributed by atoms with van der Waals surface area (Å²) < 4.78 is 26.5. The van der Waals surface area contributed by atoms with Crippen LogP contribution in [0.3, 0.4) is 0 Å². The van der Waals surface area contributed by atoms with E-state index >= 15 is 0 Å². The molecule has 0 N–H and O–H groups in total. The van der Waals surface area contributed by atoms with Gasteiger partial charge in [-0.3, -0.25) is 4.79 Å². The van der Waals surface area contributed by atoms with Crippen molar-refractivity contribution in [1.82, 2.24) is 4.90 Å². The summed E-state index contributed by atoms with van der Waals surface area (Å²) in [6.07, 6.45) is 3.97. The molecule has 5 heteroatoms. The molecule has 29 heavy (non-hydrogen) atoms. The van der Waals surface area contributed by atoms with Gasteiger partial charge in [0.2, 0.25) is 5.91 Å². The Morgan fingerprint density at radius 2 is 1.62 bits per heavy atom. The van der Waals surface area contributed by atoms with E-state index in [1.54, 1.807) is 12.1 Å². The van der Waals surface area contributed by atoms with Crippen molar-refractivity contribution >= 4 is 11.6 Å². The number of carbonyl (C=O) groups is 1. The highest BCUT2D eigenvalue weighted by Crippen LogP contribution is 2.47. The molecule has 0 radical (unpaired) electrons. The molecular formula is C24H28F2N2O. The van der Waals surface area contributed by atoms with Gasteiger partial charge < -0.3 is 9.80 Å². The van der Waals surface area contributed by atoms with E-state index in [1.165, 1.54) is 24.3 Å². The van der Waals surface area contributed by atoms with E-state index in [2.05, 4.69) is 23.6 Å². The monoisotopic (exact) mass is 398 g/mol. The molecule has 3 nitrogen and oxygen atoms in total. The minimum Gasteiger partial charge on any atom is -0.364 e. The normalized spacial score (nSPS) is 23.2. The first-order valence-corrected chi connectivity index (χ1v) is 10.4. The van der Waals surface area contributed by atoms with Crippen LogP contribution in [0.1, 0.15) is 45.1 Å². The maximum Gasteiger partial charge on any atom is 0.223 e. The summed E-state index contributed by atoms with van der Waals surface area (Å²) in [6.45, 7) is 5.96. The van der Waals surface area contributed by atoms with Crippen LogP contribution in [0.4, 0.5) is 14.5 Å². The molecular weight excluding hydrogens is 370 g/mol. The fraction of sp³-hybridized carbons (Fsp3) is 0.458. The van der Waals surface area contributed by atoms with Crippen LogP contribution in [0.15, 0.2) is 48.5 Å². The van der Waals surface area contributed by atoms with Crippen LogP contribution in [0.2, 0.25) is 0 Å². The largest absolute Gasteiger partial charge is 0.364 e. The zero-order valence-electron chi connectivity index (χ0n) is 17.1. The molecule has 2 fully saturated rings. The second-order valence-electron chi connectivity index (χ2n) is 9.05. The number of likely N-dealkylation sites (tertiary alicyclic amines) is 1. The zero-order chi connectivity index (χ0) is 20.6. The van der Waals surface area contributed by atoms with Crippen molar-refractivity contribution in [3.63, 3.8) is 0 Å².